The SMILES string of the molecule is CCn1nc(C)c(Br)c1CNc1cnn(C)c1. The van der Waals surface area contributed by atoms with E-state index < -0.39 is 0 Å². The van der Waals surface area contributed by atoms with Crippen molar-refractivity contribution in [3.05, 3.63) is 28.3 Å². The molecule has 0 aliphatic carbocycles. The Morgan fingerprint density at radius 2 is 2.24 bits per heavy atom. The van der Waals surface area contributed by atoms with Crippen LogP contribution in [-0.2, 0) is 20.1 Å². The molecule has 2 heterocycles. The van der Waals surface area contributed by atoms with E-state index in [1.165, 1.54) is 0 Å². The lowest BCUT2D eigenvalue weighted by Crippen LogP contribution is -2.08. The predicted octanol–water partition coefficient (Wildman–Crippen LogP) is 2.32. The fourth-order valence-electron chi connectivity index (χ4n) is 1.74. The highest BCUT2D eigenvalue weighted by Gasteiger charge is 2.11. The van der Waals surface area contributed by atoms with Crippen molar-refractivity contribution in [3.63, 3.8) is 0 Å². The van der Waals surface area contributed by atoms with Crippen LogP contribution in [0.15, 0.2) is 16.9 Å². The maximum atomic E-state index is 4.46. The molecule has 92 valence electrons. The van der Waals surface area contributed by atoms with Gasteiger partial charge in [-0.2, -0.15) is 10.2 Å². The van der Waals surface area contributed by atoms with Crippen molar-refractivity contribution in [1.29, 1.82) is 0 Å². The number of nitrogens with zero attached hydrogens (tertiary/aromatic N) is 4. The number of hydrogen-bond acceptors (Lipinski definition) is 3. The smallest absolute Gasteiger partial charge is 0.0739 e. The number of halogens is 1. The van der Waals surface area contributed by atoms with Crippen molar-refractivity contribution in [3.8, 4) is 0 Å². The maximum Gasteiger partial charge on any atom is 0.0739 e. The zero-order valence-corrected chi connectivity index (χ0v) is 11.8. The van der Waals surface area contributed by atoms with E-state index in [1.807, 2.05) is 31.0 Å². The first-order valence-corrected chi connectivity index (χ1v) is 6.35. The molecule has 0 spiro atoms. The van der Waals surface area contributed by atoms with Crippen molar-refractivity contribution < 1.29 is 0 Å². The summed E-state index contributed by atoms with van der Waals surface area (Å²) in [6, 6.07) is 0. The Balaban J connectivity index is 2.13. The molecule has 2 aromatic rings. The summed E-state index contributed by atoms with van der Waals surface area (Å²) in [4.78, 5) is 0. The van der Waals surface area contributed by atoms with Crippen LogP contribution in [0.25, 0.3) is 0 Å². The van der Waals surface area contributed by atoms with E-state index in [0.717, 1.165) is 34.6 Å². The molecule has 1 N–H and O–H groups in total. The molecule has 5 nitrogen and oxygen atoms in total. The summed E-state index contributed by atoms with van der Waals surface area (Å²) in [6.45, 7) is 5.70. The van der Waals surface area contributed by atoms with Gasteiger partial charge in [0, 0.05) is 19.8 Å². The van der Waals surface area contributed by atoms with Gasteiger partial charge < -0.3 is 5.32 Å². The number of aromatic nitrogens is 4. The van der Waals surface area contributed by atoms with Gasteiger partial charge >= 0.3 is 0 Å². The summed E-state index contributed by atoms with van der Waals surface area (Å²) < 4.78 is 4.86. The van der Waals surface area contributed by atoms with Crippen LogP contribution < -0.4 is 5.32 Å². The molecule has 0 atom stereocenters. The molecular formula is C11H16BrN5. The first kappa shape index (κ1) is 12.2. The molecule has 6 heteroatoms. The van der Waals surface area contributed by atoms with Gasteiger partial charge in [-0.3, -0.25) is 9.36 Å². The van der Waals surface area contributed by atoms with E-state index in [1.54, 1.807) is 4.68 Å². The minimum absolute atomic E-state index is 0.737. The Labute approximate surface area is 109 Å². The molecule has 0 aliphatic rings. The van der Waals surface area contributed by atoms with Gasteiger partial charge in [-0.15, -0.1) is 0 Å². The van der Waals surface area contributed by atoms with Gasteiger partial charge in [-0.25, -0.2) is 0 Å². The fourth-order valence-corrected chi connectivity index (χ4v) is 2.16. The van der Waals surface area contributed by atoms with E-state index >= 15 is 0 Å². The summed E-state index contributed by atoms with van der Waals surface area (Å²) in [6.07, 6.45) is 3.76. The second-order valence-electron chi connectivity index (χ2n) is 3.92. The predicted molar refractivity (Wildman–Crippen MR) is 70.9 cm³/mol. The standard InChI is InChI=1S/C11H16BrN5/c1-4-17-10(11(12)8(2)15-17)6-13-9-5-14-16(3)7-9/h5,7,13H,4,6H2,1-3H3. The first-order valence-electron chi connectivity index (χ1n) is 5.56. The summed E-state index contributed by atoms with van der Waals surface area (Å²) in [7, 11) is 1.90. The Bertz CT molecular complexity index is 514. The number of anilines is 1. The molecule has 0 bridgehead atoms. The minimum atomic E-state index is 0.737. The summed E-state index contributed by atoms with van der Waals surface area (Å²) in [5.74, 6) is 0. The molecule has 0 saturated heterocycles. The summed E-state index contributed by atoms with van der Waals surface area (Å²) in [5.41, 5.74) is 3.20. The lowest BCUT2D eigenvalue weighted by molar-refractivity contribution is 0.622. The zero-order valence-electron chi connectivity index (χ0n) is 10.2. The molecule has 2 aromatic heterocycles. The molecule has 0 fully saturated rings. The van der Waals surface area contributed by atoms with Crippen LogP contribution >= 0.6 is 15.9 Å². The molecular weight excluding hydrogens is 282 g/mol. The molecule has 0 radical (unpaired) electrons. The third-order valence-electron chi connectivity index (χ3n) is 2.62. The average Bonchev–Trinajstić information content (AvgIpc) is 2.83. The second kappa shape index (κ2) is 4.91. The van der Waals surface area contributed by atoms with Crippen LogP contribution in [-0.4, -0.2) is 19.6 Å². The van der Waals surface area contributed by atoms with E-state index in [0.29, 0.717) is 0 Å². The van der Waals surface area contributed by atoms with Crippen LogP contribution in [0, 0.1) is 6.92 Å². The van der Waals surface area contributed by atoms with Gasteiger partial charge in [0.2, 0.25) is 0 Å². The Hall–Kier alpha value is -1.30. The van der Waals surface area contributed by atoms with E-state index in [9.17, 15) is 0 Å². The Kier molecular flexibility index (Phi) is 3.51. The van der Waals surface area contributed by atoms with Crippen LogP contribution in [0.1, 0.15) is 18.3 Å². The lowest BCUT2D eigenvalue weighted by Gasteiger charge is -2.06. The highest BCUT2D eigenvalue weighted by atomic mass is 79.9. The average molecular weight is 298 g/mol. The topological polar surface area (TPSA) is 47.7 Å². The van der Waals surface area contributed by atoms with Crippen LogP contribution in [0.2, 0.25) is 0 Å². The first-order chi connectivity index (χ1) is 8.11. The molecule has 0 amide bonds. The molecule has 2 rings (SSSR count). The van der Waals surface area contributed by atoms with Gasteiger partial charge in [-0.1, -0.05) is 0 Å². The van der Waals surface area contributed by atoms with Gasteiger partial charge in [0.25, 0.3) is 0 Å². The molecule has 17 heavy (non-hydrogen) atoms. The van der Waals surface area contributed by atoms with Crippen molar-refractivity contribution in [1.82, 2.24) is 19.6 Å². The molecule has 0 unspecified atom stereocenters. The van der Waals surface area contributed by atoms with E-state index in [2.05, 4.69) is 38.4 Å². The van der Waals surface area contributed by atoms with Crippen LogP contribution in [0.4, 0.5) is 5.69 Å². The monoisotopic (exact) mass is 297 g/mol. The van der Waals surface area contributed by atoms with Crippen molar-refractivity contribution >= 4 is 21.6 Å². The highest BCUT2D eigenvalue weighted by molar-refractivity contribution is 9.10. The van der Waals surface area contributed by atoms with E-state index in [4.69, 9.17) is 0 Å². The number of hydrogen-bond donors (Lipinski definition) is 1. The molecule has 0 aromatic carbocycles. The third-order valence-corrected chi connectivity index (χ3v) is 3.65. The Morgan fingerprint density at radius 3 is 2.82 bits per heavy atom. The van der Waals surface area contributed by atoms with Gasteiger partial charge in [0.15, 0.2) is 0 Å². The fraction of sp³-hybridized carbons (Fsp3) is 0.455. The van der Waals surface area contributed by atoms with Gasteiger partial charge in [0.1, 0.15) is 0 Å². The van der Waals surface area contributed by atoms with Crippen molar-refractivity contribution in [2.45, 2.75) is 26.9 Å². The quantitative estimate of drug-likeness (QED) is 0.942. The molecule has 0 aliphatic heterocycles. The minimum Gasteiger partial charge on any atom is -0.377 e. The van der Waals surface area contributed by atoms with Gasteiger partial charge in [-0.05, 0) is 29.8 Å². The highest BCUT2D eigenvalue weighted by Crippen LogP contribution is 2.21. The summed E-state index contributed by atoms with van der Waals surface area (Å²) >= 11 is 3.58. The lowest BCUT2D eigenvalue weighted by atomic mass is 10.3. The van der Waals surface area contributed by atoms with Crippen LogP contribution in [0.5, 0.6) is 0 Å². The van der Waals surface area contributed by atoms with Crippen molar-refractivity contribution in [2.75, 3.05) is 5.32 Å². The van der Waals surface area contributed by atoms with Crippen LogP contribution in [0.3, 0.4) is 0 Å². The zero-order chi connectivity index (χ0) is 12.4. The number of aryl methyl sites for hydroxylation is 3. The Morgan fingerprint density at radius 1 is 1.47 bits per heavy atom. The molecule has 0 saturated carbocycles. The van der Waals surface area contributed by atoms with E-state index in [-0.39, 0.29) is 0 Å². The number of nitrogens with one attached hydrogen (secondary N) is 1. The maximum absolute atomic E-state index is 4.46. The normalized spacial score (nSPS) is 10.8. The third kappa shape index (κ3) is 2.52. The van der Waals surface area contributed by atoms with Gasteiger partial charge in [0.05, 0.1) is 34.3 Å². The number of rotatable bonds is 4. The van der Waals surface area contributed by atoms with Crippen molar-refractivity contribution in [2.24, 2.45) is 7.05 Å². The second-order valence-corrected chi connectivity index (χ2v) is 4.71. The summed E-state index contributed by atoms with van der Waals surface area (Å²) in [5, 5.41) is 11.9. The largest absolute Gasteiger partial charge is 0.377 e.